The molecule has 0 amide bonds. The Labute approximate surface area is 106 Å². The minimum absolute atomic E-state index is 0.873. The molecule has 0 aromatic carbocycles. The zero-order valence-electron chi connectivity index (χ0n) is 11.2. The zero-order valence-corrected chi connectivity index (χ0v) is 11.2. The van der Waals surface area contributed by atoms with Gasteiger partial charge in [0.1, 0.15) is 0 Å². The average molecular weight is 239 g/mol. The van der Waals surface area contributed by atoms with Crippen LogP contribution in [0.15, 0.2) is 0 Å². The maximum absolute atomic E-state index is 5.63. The van der Waals surface area contributed by atoms with E-state index in [1.54, 1.807) is 0 Å². The van der Waals surface area contributed by atoms with Crippen molar-refractivity contribution in [3.8, 4) is 0 Å². The first-order valence-corrected chi connectivity index (χ1v) is 7.53. The Balaban J connectivity index is 1.57. The zero-order chi connectivity index (χ0) is 11.9. The highest BCUT2D eigenvalue weighted by Crippen LogP contribution is 2.19. The fourth-order valence-corrected chi connectivity index (χ4v) is 3.20. The molecule has 100 valence electrons. The van der Waals surface area contributed by atoms with E-state index >= 15 is 0 Å². The van der Waals surface area contributed by atoms with Gasteiger partial charge in [-0.15, -0.1) is 0 Å². The van der Waals surface area contributed by atoms with Crippen molar-refractivity contribution in [2.75, 3.05) is 45.8 Å². The van der Waals surface area contributed by atoms with Gasteiger partial charge in [-0.2, -0.15) is 0 Å². The van der Waals surface area contributed by atoms with E-state index in [2.05, 4.69) is 9.80 Å². The predicted molar refractivity (Wildman–Crippen MR) is 73.1 cm³/mol. The second-order valence-electron chi connectivity index (χ2n) is 5.76. The molecule has 0 saturated carbocycles. The minimum Gasteiger partial charge on any atom is -0.330 e. The molecule has 0 aromatic heterocycles. The van der Waals surface area contributed by atoms with Gasteiger partial charge in [0.15, 0.2) is 0 Å². The van der Waals surface area contributed by atoms with Crippen molar-refractivity contribution in [1.82, 2.24) is 9.80 Å². The van der Waals surface area contributed by atoms with Crippen LogP contribution in [0.25, 0.3) is 0 Å². The highest BCUT2D eigenvalue weighted by atomic mass is 15.2. The number of piperidine rings is 2. The van der Waals surface area contributed by atoms with Gasteiger partial charge in [0.2, 0.25) is 0 Å². The molecule has 2 aliphatic heterocycles. The lowest BCUT2D eigenvalue weighted by Gasteiger charge is -2.34. The molecule has 2 aliphatic rings. The van der Waals surface area contributed by atoms with Crippen molar-refractivity contribution in [2.24, 2.45) is 11.7 Å². The Hall–Kier alpha value is -0.120. The summed E-state index contributed by atoms with van der Waals surface area (Å²) in [5.74, 6) is 0.909. The van der Waals surface area contributed by atoms with Gasteiger partial charge in [0.25, 0.3) is 0 Å². The Morgan fingerprint density at radius 2 is 1.41 bits per heavy atom. The highest BCUT2D eigenvalue weighted by Gasteiger charge is 2.19. The van der Waals surface area contributed by atoms with Crippen molar-refractivity contribution in [3.63, 3.8) is 0 Å². The molecule has 0 unspecified atom stereocenters. The molecule has 3 nitrogen and oxygen atoms in total. The van der Waals surface area contributed by atoms with Gasteiger partial charge < -0.3 is 15.5 Å². The van der Waals surface area contributed by atoms with Crippen LogP contribution >= 0.6 is 0 Å². The van der Waals surface area contributed by atoms with E-state index in [1.165, 1.54) is 77.8 Å². The lowest BCUT2D eigenvalue weighted by atomic mass is 9.94. The summed E-state index contributed by atoms with van der Waals surface area (Å²) in [7, 11) is 0. The van der Waals surface area contributed by atoms with Gasteiger partial charge in [0.05, 0.1) is 0 Å². The number of hydrogen-bond acceptors (Lipinski definition) is 3. The van der Waals surface area contributed by atoms with Gasteiger partial charge in [-0.3, -0.25) is 0 Å². The van der Waals surface area contributed by atoms with Crippen LogP contribution in [-0.2, 0) is 0 Å². The molecule has 0 spiro atoms. The molecule has 3 heteroatoms. The Morgan fingerprint density at radius 1 is 0.824 bits per heavy atom. The topological polar surface area (TPSA) is 32.5 Å². The average Bonchev–Trinajstić information content (AvgIpc) is 2.40. The summed E-state index contributed by atoms with van der Waals surface area (Å²) >= 11 is 0. The largest absolute Gasteiger partial charge is 0.330 e. The first kappa shape index (κ1) is 13.3. The Morgan fingerprint density at radius 3 is 2.00 bits per heavy atom. The van der Waals surface area contributed by atoms with E-state index in [0.717, 1.165) is 12.5 Å². The summed E-state index contributed by atoms with van der Waals surface area (Å²) < 4.78 is 0. The van der Waals surface area contributed by atoms with Gasteiger partial charge in [-0.05, 0) is 70.7 Å². The van der Waals surface area contributed by atoms with E-state index in [1.807, 2.05) is 0 Å². The second-order valence-corrected chi connectivity index (χ2v) is 5.76. The fourth-order valence-electron chi connectivity index (χ4n) is 3.20. The molecule has 0 aliphatic carbocycles. The summed E-state index contributed by atoms with van der Waals surface area (Å²) in [6, 6.07) is 0. The number of nitrogens with zero attached hydrogens (tertiary/aromatic N) is 2. The van der Waals surface area contributed by atoms with Crippen LogP contribution in [0.3, 0.4) is 0 Å². The van der Waals surface area contributed by atoms with Crippen LogP contribution in [-0.4, -0.2) is 55.6 Å². The number of nitrogens with two attached hydrogens (primary N) is 1. The molecule has 2 fully saturated rings. The first-order valence-electron chi connectivity index (χ1n) is 7.53. The standard InChI is InChI=1S/C14H29N3/c15-7-4-14-5-10-17(11-6-14)13-12-16-8-2-1-3-9-16/h14H,1-13,15H2. The van der Waals surface area contributed by atoms with E-state index in [9.17, 15) is 0 Å². The summed E-state index contributed by atoms with van der Waals surface area (Å²) in [4.78, 5) is 5.30. The van der Waals surface area contributed by atoms with Crippen molar-refractivity contribution < 1.29 is 0 Å². The van der Waals surface area contributed by atoms with Gasteiger partial charge in [-0.25, -0.2) is 0 Å². The molecule has 2 N–H and O–H groups in total. The molecule has 0 aromatic rings. The van der Waals surface area contributed by atoms with E-state index in [-0.39, 0.29) is 0 Å². The Kier molecular flexibility index (Phi) is 5.75. The van der Waals surface area contributed by atoms with Crippen LogP contribution < -0.4 is 5.73 Å². The number of hydrogen-bond donors (Lipinski definition) is 1. The van der Waals surface area contributed by atoms with Crippen molar-refractivity contribution in [3.05, 3.63) is 0 Å². The predicted octanol–water partition coefficient (Wildman–Crippen LogP) is 1.53. The molecular formula is C14H29N3. The molecule has 0 radical (unpaired) electrons. The minimum atomic E-state index is 0.873. The van der Waals surface area contributed by atoms with Gasteiger partial charge in [-0.1, -0.05) is 6.42 Å². The van der Waals surface area contributed by atoms with Crippen LogP contribution in [0.5, 0.6) is 0 Å². The van der Waals surface area contributed by atoms with E-state index in [4.69, 9.17) is 5.73 Å². The smallest absolute Gasteiger partial charge is 0.0109 e. The Bertz CT molecular complexity index is 194. The summed E-state index contributed by atoms with van der Waals surface area (Å²) in [5.41, 5.74) is 5.63. The molecule has 0 bridgehead atoms. The van der Waals surface area contributed by atoms with Crippen LogP contribution in [0.1, 0.15) is 38.5 Å². The fraction of sp³-hybridized carbons (Fsp3) is 1.00. The lowest BCUT2D eigenvalue weighted by molar-refractivity contribution is 0.144. The second kappa shape index (κ2) is 7.34. The van der Waals surface area contributed by atoms with Gasteiger partial charge in [0, 0.05) is 13.1 Å². The number of likely N-dealkylation sites (tertiary alicyclic amines) is 2. The third-order valence-electron chi connectivity index (χ3n) is 4.46. The third kappa shape index (κ3) is 4.57. The number of rotatable bonds is 5. The molecule has 2 saturated heterocycles. The summed E-state index contributed by atoms with van der Waals surface area (Å²) in [6.45, 7) is 8.74. The molecule has 0 atom stereocenters. The van der Waals surface area contributed by atoms with E-state index < -0.39 is 0 Å². The van der Waals surface area contributed by atoms with Crippen LogP contribution in [0.2, 0.25) is 0 Å². The van der Waals surface area contributed by atoms with Gasteiger partial charge >= 0.3 is 0 Å². The van der Waals surface area contributed by atoms with Crippen LogP contribution in [0, 0.1) is 5.92 Å². The lowest BCUT2D eigenvalue weighted by Crippen LogP contribution is -2.41. The third-order valence-corrected chi connectivity index (χ3v) is 4.46. The SMILES string of the molecule is NCCC1CCN(CCN2CCCCC2)CC1. The molecular weight excluding hydrogens is 210 g/mol. The highest BCUT2D eigenvalue weighted by molar-refractivity contribution is 4.74. The first-order chi connectivity index (χ1) is 8.38. The quantitative estimate of drug-likeness (QED) is 0.790. The van der Waals surface area contributed by atoms with Crippen molar-refractivity contribution in [1.29, 1.82) is 0 Å². The van der Waals surface area contributed by atoms with Crippen molar-refractivity contribution >= 4 is 0 Å². The molecule has 2 rings (SSSR count). The molecule has 2 heterocycles. The maximum atomic E-state index is 5.63. The monoisotopic (exact) mass is 239 g/mol. The van der Waals surface area contributed by atoms with Crippen molar-refractivity contribution in [2.45, 2.75) is 38.5 Å². The normalized spacial score (nSPS) is 25.2. The maximum Gasteiger partial charge on any atom is 0.0109 e. The van der Waals surface area contributed by atoms with E-state index in [0.29, 0.717) is 0 Å². The van der Waals surface area contributed by atoms with Crippen LogP contribution in [0.4, 0.5) is 0 Å². The molecule has 17 heavy (non-hydrogen) atoms. The summed E-state index contributed by atoms with van der Waals surface area (Å²) in [6.07, 6.45) is 8.26. The summed E-state index contributed by atoms with van der Waals surface area (Å²) in [5, 5.41) is 0.